The number of hydrogen-bond acceptors (Lipinski definition) is 3. The van der Waals surface area contributed by atoms with Crippen molar-refractivity contribution in [2.75, 3.05) is 11.4 Å². The fourth-order valence-electron chi connectivity index (χ4n) is 2.91. The third-order valence-corrected chi connectivity index (χ3v) is 4.26. The molecule has 1 aliphatic carbocycles. The molecule has 1 aromatic rings. The molecule has 0 radical (unpaired) electrons. The zero-order valence-corrected chi connectivity index (χ0v) is 13.0. The molecule has 0 unspecified atom stereocenters. The number of nitrogens with zero attached hydrogens (tertiary/aromatic N) is 2. The Morgan fingerprint density at radius 1 is 1.25 bits per heavy atom. The summed E-state index contributed by atoms with van der Waals surface area (Å²) in [6.07, 6.45) is 7.85. The first kappa shape index (κ1) is 15.3. The molecule has 1 atom stereocenters. The van der Waals surface area contributed by atoms with E-state index in [1.165, 1.54) is 32.1 Å². The number of pyridine rings is 1. The lowest BCUT2D eigenvalue weighted by atomic mass is 10.1. The van der Waals surface area contributed by atoms with Crippen LogP contribution in [0.1, 0.15) is 64.5 Å². The largest absolute Gasteiger partial charge is 0.389 e. The maximum absolute atomic E-state index is 9.59. The Labute approximate surface area is 123 Å². The van der Waals surface area contributed by atoms with Crippen LogP contribution >= 0.6 is 0 Å². The van der Waals surface area contributed by atoms with Gasteiger partial charge in [0.05, 0.1) is 6.10 Å². The Bertz CT molecular complexity index is 394. The van der Waals surface area contributed by atoms with Crippen LogP contribution in [-0.2, 0) is 0 Å². The van der Waals surface area contributed by atoms with Crippen LogP contribution in [0.3, 0.4) is 0 Å². The van der Waals surface area contributed by atoms with E-state index >= 15 is 0 Å². The van der Waals surface area contributed by atoms with E-state index in [0.717, 1.165) is 23.8 Å². The van der Waals surface area contributed by atoms with Gasteiger partial charge < -0.3 is 10.0 Å². The molecule has 1 fully saturated rings. The molecule has 3 heteroatoms. The van der Waals surface area contributed by atoms with E-state index in [-0.39, 0.29) is 0 Å². The number of aromatic nitrogens is 1. The average molecular weight is 276 g/mol. The fourth-order valence-corrected chi connectivity index (χ4v) is 2.91. The molecule has 112 valence electrons. The first-order valence-corrected chi connectivity index (χ1v) is 7.98. The second-order valence-electron chi connectivity index (χ2n) is 6.44. The standard InChI is InChI=1S/C17H28N2O/c1-13(2)10-11-19(16-6-4-5-7-16)17-9-8-15(12-18-17)14(3)20/h8-9,12-14,16,20H,4-7,10-11H2,1-3H3/t14-/m0/s1. The van der Waals surface area contributed by atoms with Crippen molar-refractivity contribution in [3.63, 3.8) is 0 Å². The van der Waals surface area contributed by atoms with Gasteiger partial charge in [0.2, 0.25) is 0 Å². The van der Waals surface area contributed by atoms with E-state index in [1.54, 1.807) is 6.92 Å². The van der Waals surface area contributed by atoms with Gasteiger partial charge in [-0.2, -0.15) is 0 Å². The van der Waals surface area contributed by atoms with E-state index < -0.39 is 6.10 Å². The highest BCUT2D eigenvalue weighted by Gasteiger charge is 2.23. The van der Waals surface area contributed by atoms with E-state index in [4.69, 9.17) is 0 Å². The second-order valence-corrected chi connectivity index (χ2v) is 6.44. The maximum atomic E-state index is 9.59. The number of aliphatic hydroxyl groups excluding tert-OH is 1. The van der Waals surface area contributed by atoms with Crippen molar-refractivity contribution >= 4 is 5.82 Å². The van der Waals surface area contributed by atoms with Crippen LogP contribution in [-0.4, -0.2) is 22.7 Å². The van der Waals surface area contributed by atoms with Crippen molar-refractivity contribution in [3.05, 3.63) is 23.9 Å². The second kappa shape index (κ2) is 7.07. The van der Waals surface area contributed by atoms with Gasteiger partial charge in [-0.05, 0) is 43.7 Å². The molecule has 2 rings (SSSR count). The van der Waals surface area contributed by atoms with Gasteiger partial charge in [-0.25, -0.2) is 4.98 Å². The summed E-state index contributed by atoms with van der Waals surface area (Å²) < 4.78 is 0. The zero-order chi connectivity index (χ0) is 14.5. The van der Waals surface area contributed by atoms with Crippen LogP contribution in [0.2, 0.25) is 0 Å². The molecule has 0 aromatic carbocycles. The van der Waals surface area contributed by atoms with Gasteiger partial charge in [-0.3, -0.25) is 0 Å². The summed E-state index contributed by atoms with van der Waals surface area (Å²) >= 11 is 0. The molecule has 1 heterocycles. The van der Waals surface area contributed by atoms with Crippen LogP contribution < -0.4 is 4.90 Å². The summed E-state index contributed by atoms with van der Waals surface area (Å²) in [5.74, 6) is 1.79. The summed E-state index contributed by atoms with van der Waals surface area (Å²) in [6, 6.07) is 4.73. The molecule has 1 N–H and O–H groups in total. The van der Waals surface area contributed by atoms with Crippen molar-refractivity contribution < 1.29 is 5.11 Å². The van der Waals surface area contributed by atoms with Gasteiger partial charge in [0.1, 0.15) is 5.82 Å². The first-order valence-electron chi connectivity index (χ1n) is 7.98. The molecule has 0 amide bonds. The third-order valence-electron chi connectivity index (χ3n) is 4.26. The van der Waals surface area contributed by atoms with E-state index in [9.17, 15) is 5.11 Å². The Morgan fingerprint density at radius 3 is 2.45 bits per heavy atom. The average Bonchev–Trinajstić information content (AvgIpc) is 2.93. The highest BCUT2D eigenvalue weighted by molar-refractivity contribution is 5.41. The third kappa shape index (κ3) is 3.95. The molecular formula is C17H28N2O. The number of hydrogen-bond donors (Lipinski definition) is 1. The minimum absolute atomic E-state index is 0.438. The summed E-state index contributed by atoms with van der Waals surface area (Å²) in [5.41, 5.74) is 0.893. The molecule has 0 spiro atoms. The molecule has 20 heavy (non-hydrogen) atoms. The van der Waals surface area contributed by atoms with Gasteiger partial charge in [-0.15, -0.1) is 0 Å². The monoisotopic (exact) mass is 276 g/mol. The quantitative estimate of drug-likeness (QED) is 0.855. The predicted molar refractivity (Wildman–Crippen MR) is 83.9 cm³/mol. The van der Waals surface area contributed by atoms with Crippen LogP contribution in [0.5, 0.6) is 0 Å². The molecule has 1 saturated carbocycles. The Balaban J connectivity index is 2.11. The van der Waals surface area contributed by atoms with Crippen LogP contribution in [0.15, 0.2) is 18.3 Å². The van der Waals surface area contributed by atoms with Crippen LogP contribution in [0, 0.1) is 5.92 Å². The van der Waals surface area contributed by atoms with Crippen LogP contribution in [0.25, 0.3) is 0 Å². The van der Waals surface area contributed by atoms with Crippen molar-refractivity contribution in [3.8, 4) is 0 Å². The van der Waals surface area contributed by atoms with Gasteiger partial charge in [0.15, 0.2) is 0 Å². The van der Waals surface area contributed by atoms with Crippen LogP contribution in [0.4, 0.5) is 5.82 Å². The fraction of sp³-hybridized carbons (Fsp3) is 0.706. The summed E-state index contributed by atoms with van der Waals surface area (Å²) in [4.78, 5) is 7.07. The lowest BCUT2D eigenvalue weighted by Gasteiger charge is -2.31. The molecular weight excluding hydrogens is 248 g/mol. The van der Waals surface area contributed by atoms with Crippen molar-refractivity contribution in [2.24, 2.45) is 5.92 Å². The Hall–Kier alpha value is -1.09. The molecule has 0 bridgehead atoms. The number of anilines is 1. The Kier molecular flexibility index (Phi) is 5.41. The summed E-state index contributed by atoms with van der Waals surface area (Å²) in [5, 5.41) is 9.59. The zero-order valence-electron chi connectivity index (χ0n) is 13.0. The van der Waals surface area contributed by atoms with E-state index in [0.29, 0.717) is 6.04 Å². The maximum Gasteiger partial charge on any atom is 0.128 e. The summed E-state index contributed by atoms with van der Waals surface area (Å²) in [6.45, 7) is 7.42. The van der Waals surface area contributed by atoms with Gasteiger partial charge in [0, 0.05) is 18.8 Å². The highest BCUT2D eigenvalue weighted by Crippen LogP contribution is 2.28. The van der Waals surface area contributed by atoms with Crippen molar-refractivity contribution in [2.45, 2.75) is 65.0 Å². The SMILES string of the molecule is CC(C)CCN(c1ccc([C@H](C)O)cn1)C1CCCC1. The lowest BCUT2D eigenvalue weighted by molar-refractivity contribution is 0.199. The highest BCUT2D eigenvalue weighted by atomic mass is 16.3. The minimum atomic E-state index is -0.438. The topological polar surface area (TPSA) is 36.4 Å². The van der Waals surface area contributed by atoms with Gasteiger partial charge in [-0.1, -0.05) is 32.8 Å². The lowest BCUT2D eigenvalue weighted by Crippen LogP contribution is -2.35. The number of rotatable bonds is 6. The summed E-state index contributed by atoms with van der Waals surface area (Å²) in [7, 11) is 0. The minimum Gasteiger partial charge on any atom is -0.389 e. The molecule has 3 nitrogen and oxygen atoms in total. The Morgan fingerprint density at radius 2 is 1.95 bits per heavy atom. The predicted octanol–water partition coefficient (Wildman–Crippen LogP) is 3.93. The molecule has 1 aromatic heterocycles. The van der Waals surface area contributed by atoms with Gasteiger partial charge in [0.25, 0.3) is 0 Å². The first-order chi connectivity index (χ1) is 9.58. The van der Waals surface area contributed by atoms with Crippen molar-refractivity contribution in [1.29, 1.82) is 0 Å². The number of aliphatic hydroxyl groups is 1. The normalized spacial score (nSPS) is 17.6. The molecule has 0 saturated heterocycles. The van der Waals surface area contributed by atoms with E-state index in [2.05, 4.69) is 29.8 Å². The molecule has 1 aliphatic rings. The smallest absolute Gasteiger partial charge is 0.128 e. The van der Waals surface area contributed by atoms with Gasteiger partial charge >= 0.3 is 0 Å². The van der Waals surface area contributed by atoms with Crippen molar-refractivity contribution in [1.82, 2.24) is 4.98 Å². The van der Waals surface area contributed by atoms with E-state index in [1.807, 2.05) is 12.3 Å². The molecule has 0 aliphatic heterocycles.